The first-order valence-corrected chi connectivity index (χ1v) is 6.34. The van der Waals surface area contributed by atoms with Crippen LogP contribution in [0.3, 0.4) is 0 Å². The molecule has 0 aliphatic carbocycles. The van der Waals surface area contributed by atoms with Crippen molar-refractivity contribution in [2.45, 2.75) is 18.8 Å². The number of aryl methyl sites for hydroxylation is 1. The van der Waals surface area contributed by atoms with E-state index in [-0.39, 0.29) is 0 Å². The molecule has 2 aromatic rings. The van der Waals surface area contributed by atoms with Crippen molar-refractivity contribution in [3.63, 3.8) is 0 Å². The Labute approximate surface area is 106 Å². The highest BCUT2D eigenvalue weighted by molar-refractivity contribution is 5.52. The molecule has 3 heterocycles. The Kier molecular flexibility index (Phi) is 3.06. The van der Waals surface area contributed by atoms with Crippen molar-refractivity contribution in [2.75, 3.05) is 13.1 Å². The summed E-state index contributed by atoms with van der Waals surface area (Å²) in [5.41, 5.74) is 2.99. The summed E-state index contributed by atoms with van der Waals surface area (Å²) in [6, 6.07) is 0. The molecule has 1 aliphatic heterocycles. The van der Waals surface area contributed by atoms with Gasteiger partial charge in [-0.25, -0.2) is 9.97 Å². The average molecular weight is 243 g/mol. The summed E-state index contributed by atoms with van der Waals surface area (Å²) < 4.78 is 1.97. The second-order valence-electron chi connectivity index (χ2n) is 4.76. The van der Waals surface area contributed by atoms with Crippen LogP contribution in [0.2, 0.25) is 0 Å². The van der Waals surface area contributed by atoms with Gasteiger partial charge in [-0.1, -0.05) is 0 Å². The third kappa shape index (κ3) is 2.13. The van der Waals surface area contributed by atoms with Gasteiger partial charge in [0, 0.05) is 25.7 Å². The topological polar surface area (TPSA) is 55.6 Å². The summed E-state index contributed by atoms with van der Waals surface area (Å²) in [6.45, 7) is 2.12. The minimum atomic E-state index is 0.486. The molecule has 5 heteroatoms. The SMILES string of the molecule is Cn1cncc1-c1cncc([C@@H]2CCCNC2)n1. The summed E-state index contributed by atoms with van der Waals surface area (Å²) in [4.78, 5) is 13.2. The summed E-state index contributed by atoms with van der Waals surface area (Å²) in [5, 5.41) is 3.41. The number of piperidine rings is 1. The van der Waals surface area contributed by atoms with Crippen molar-refractivity contribution in [2.24, 2.45) is 7.05 Å². The van der Waals surface area contributed by atoms with E-state index in [1.165, 1.54) is 12.8 Å². The molecule has 0 radical (unpaired) electrons. The van der Waals surface area contributed by atoms with Gasteiger partial charge < -0.3 is 9.88 Å². The van der Waals surface area contributed by atoms with Gasteiger partial charge in [0.15, 0.2) is 0 Å². The Bertz CT molecular complexity index is 528. The van der Waals surface area contributed by atoms with Crippen LogP contribution in [0, 0.1) is 0 Å². The number of imidazole rings is 1. The van der Waals surface area contributed by atoms with Gasteiger partial charge in [0.05, 0.1) is 30.1 Å². The first kappa shape index (κ1) is 11.3. The quantitative estimate of drug-likeness (QED) is 0.865. The van der Waals surface area contributed by atoms with Crippen LogP contribution in [-0.2, 0) is 7.05 Å². The van der Waals surface area contributed by atoms with Crippen molar-refractivity contribution in [1.82, 2.24) is 24.8 Å². The second-order valence-corrected chi connectivity index (χ2v) is 4.76. The maximum absolute atomic E-state index is 4.74. The molecule has 1 aliphatic rings. The summed E-state index contributed by atoms with van der Waals surface area (Å²) in [5.74, 6) is 0.486. The molecule has 0 unspecified atom stereocenters. The fourth-order valence-corrected chi connectivity index (χ4v) is 2.41. The first-order chi connectivity index (χ1) is 8.84. The molecule has 0 aromatic carbocycles. The Morgan fingerprint density at radius 1 is 1.28 bits per heavy atom. The number of nitrogens with zero attached hydrogens (tertiary/aromatic N) is 4. The summed E-state index contributed by atoms with van der Waals surface area (Å²) in [6.07, 6.45) is 9.70. The Morgan fingerprint density at radius 3 is 2.94 bits per heavy atom. The van der Waals surface area contributed by atoms with Crippen LogP contribution in [0.4, 0.5) is 0 Å². The molecule has 1 atom stereocenters. The van der Waals surface area contributed by atoms with Crippen molar-refractivity contribution in [3.05, 3.63) is 30.6 Å². The minimum absolute atomic E-state index is 0.486. The van der Waals surface area contributed by atoms with E-state index in [1.807, 2.05) is 24.0 Å². The van der Waals surface area contributed by atoms with E-state index in [0.29, 0.717) is 5.92 Å². The van der Waals surface area contributed by atoms with Crippen LogP contribution >= 0.6 is 0 Å². The highest BCUT2D eigenvalue weighted by atomic mass is 15.0. The number of hydrogen-bond acceptors (Lipinski definition) is 4. The van der Waals surface area contributed by atoms with Gasteiger partial charge in [-0.2, -0.15) is 0 Å². The van der Waals surface area contributed by atoms with Gasteiger partial charge in [-0.05, 0) is 19.4 Å². The predicted octanol–water partition coefficient (Wildman–Crippen LogP) is 1.34. The van der Waals surface area contributed by atoms with Gasteiger partial charge in [-0.15, -0.1) is 0 Å². The monoisotopic (exact) mass is 243 g/mol. The molecule has 0 bridgehead atoms. The van der Waals surface area contributed by atoms with Gasteiger partial charge in [-0.3, -0.25) is 4.98 Å². The van der Waals surface area contributed by atoms with Crippen LogP contribution in [0.15, 0.2) is 24.9 Å². The number of aromatic nitrogens is 4. The van der Waals surface area contributed by atoms with Crippen molar-refractivity contribution in [3.8, 4) is 11.4 Å². The first-order valence-electron chi connectivity index (χ1n) is 6.34. The normalized spacial score (nSPS) is 19.9. The van der Waals surface area contributed by atoms with E-state index in [4.69, 9.17) is 4.98 Å². The fourth-order valence-electron chi connectivity index (χ4n) is 2.41. The zero-order valence-electron chi connectivity index (χ0n) is 10.5. The van der Waals surface area contributed by atoms with Gasteiger partial charge in [0.2, 0.25) is 0 Å². The smallest absolute Gasteiger partial charge is 0.107 e. The van der Waals surface area contributed by atoms with Crippen LogP contribution in [0.1, 0.15) is 24.5 Å². The highest BCUT2D eigenvalue weighted by Gasteiger charge is 2.17. The van der Waals surface area contributed by atoms with Crippen molar-refractivity contribution >= 4 is 0 Å². The second kappa shape index (κ2) is 4.86. The maximum Gasteiger partial charge on any atom is 0.107 e. The molecule has 18 heavy (non-hydrogen) atoms. The van der Waals surface area contributed by atoms with E-state index in [1.54, 1.807) is 12.5 Å². The van der Waals surface area contributed by atoms with E-state index in [9.17, 15) is 0 Å². The Balaban J connectivity index is 1.91. The molecule has 94 valence electrons. The van der Waals surface area contributed by atoms with Crippen LogP contribution < -0.4 is 5.32 Å². The van der Waals surface area contributed by atoms with Crippen molar-refractivity contribution < 1.29 is 0 Å². The molecule has 5 nitrogen and oxygen atoms in total. The van der Waals surface area contributed by atoms with Crippen molar-refractivity contribution in [1.29, 1.82) is 0 Å². The molecule has 3 rings (SSSR count). The lowest BCUT2D eigenvalue weighted by atomic mass is 9.96. The Hall–Kier alpha value is -1.75. The third-order valence-electron chi connectivity index (χ3n) is 3.45. The molecular formula is C13H17N5. The lowest BCUT2D eigenvalue weighted by Crippen LogP contribution is -2.29. The molecular weight excluding hydrogens is 226 g/mol. The number of hydrogen-bond donors (Lipinski definition) is 1. The van der Waals surface area contributed by atoms with Crippen LogP contribution in [0.25, 0.3) is 11.4 Å². The lowest BCUT2D eigenvalue weighted by molar-refractivity contribution is 0.454. The molecule has 1 N–H and O–H groups in total. The van der Waals surface area contributed by atoms with Crippen LogP contribution in [-0.4, -0.2) is 32.6 Å². The van der Waals surface area contributed by atoms with E-state index in [2.05, 4.69) is 15.3 Å². The fraction of sp³-hybridized carbons (Fsp3) is 0.462. The van der Waals surface area contributed by atoms with Crippen LogP contribution in [0.5, 0.6) is 0 Å². The number of nitrogens with one attached hydrogen (secondary N) is 1. The zero-order valence-corrected chi connectivity index (χ0v) is 10.5. The summed E-state index contributed by atoms with van der Waals surface area (Å²) >= 11 is 0. The molecule has 0 saturated carbocycles. The third-order valence-corrected chi connectivity index (χ3v) is 3.45. The van der Waals surface area contributed by atoms with E-state index in [0.717, 1.165) is 30.2 Å². The minimum Gasteiger partial charge on any atom is -0.332 e. The lowest BCUT2D eigenvalue weighted by Gasteiger charge is -2.22. The zero-order chi connectivity index (χ0) is 12.4. The average Bonchev–Trinajstić information content (AvgIpc) is 2.86. The molecule has 1 saturated heterocycles. The van der Waals surface area contributed by atoms with E-state index >= 15 is 0 Å². The Morgan fingerprint density at radius 2 is 2.22 bits per heavy atom. The standard InChI is InChI=1S/C13H17N5/c1-18-9-16-8-13(18)12-7-15-6-11(17-12)10-3-2-4-14-5-10/h6-10,14H,2-5H2,1H3/t10-/m1/s1. The summed E-state index contributed by atoms with van der Waals surface area (Å²) in [7, 11) is 1.97. The van der Waals surface area contributed by atoms with Gasteiger partial charge >= 0.3 is 0 Å². The largest absolute Gasteiger partial charge is 0.332 e. The molecule has 2 aromatic heterocycles. The van der Waals surface area contributed by atoms with Gasteiger partial charge in [0.1, 0.15) is 5.69 Å². The maximum atomic E-state index is 4.74. The van der Waals surface area contributed by atoms with Gasteiger partial charge in [0.25, 0.3) is 0 Å². The highest BCUT2D eigenvalue weighted by Crippen LogP contribution is 2.23. The number of rotatable bonds is 2. The molecule has 1 fully saturated rings. The predicted molar refractivity (Wildman–Crippen MR) is 69.1 cm³/mol. The molecule has 0 amide bonds. The molecule has 0 spiro atoms. The van der Waals surface area contributed by atoms with E-state index < -0.39 is 0 Å².